The number of carbonyl (C=O) groups excluding carboxylic acids is 2. The number of carbonyl (C=O) groups is 2. The standard InChI is InChI=1S/C19H11N3O4S/c1-25-15-3-2-10(4-11(15)7-20)14-9-21-8-12-5-13(26-17(12)14)6-16-18(23)22-19(24)27-16/h2-6,8-9H,1H3,(H,22,23,24). The maximum Gasteiger partial charge on any atom is 0.290 e. The maximum absolute atomic E-state index is 11.7. The van der Waals surface area contributed by atoms with E-state index in [0.717, 1.165) is 22.7 Å². The zero-order valence-electron chi connectivity index (χ0n) is 14.0. The minimum Gasteiger partial charge on any atom is -0.495 e. The van der Waals surface area contributed by atoms with Crippen LogP contribution in [0, 0.1) is 11.3 Å². The lowest BCUT2D eigenvalue weighted by Crippen LogP contribution is -2.17. The molecule has 0 unspecified atom stereocenters. The summed E-state index contributed by atoms with van der Waals surface area (Å²) in [5.74, 6) is 0.471. The second-order valence-electron chi connectivity index (χ2n) is 5.63. The monoisotopic (exact) mass is 377 g/mol. The van der Waals surface area contributed by atoms with E-state index in [4.69, 9.17) is 9.15 Å². The molecule has 8 heteroatoms. The van der Waals surface area contributed by atoms with Crippen LogP contribution in [-0.2, 0) is 4.79 Å². The number of thioether (sulfide) groups is 1. The number of furan rings is 1. The minimum absolute atomic E-state index is 0.268. The number of ether oxygens (including phenoxy) is 1. The van der Waals surface area contributed by atoms with Gasteiger partial charge in [0, 0.05) is 29.4 Å². The van der Waals surface area contributed by atoms with Crippen molar-refractivity contribution in [2.24, 2.45) is 0 Å². The van der Waals surface area contributed by atoms with Gasteiger partial charge in [-0.15, -0.1) is 0 Å². The molecule has 1 aliphatic heterocycles. The normalized spacial score (nSPS) is 15.2. The molecule has 0 saturated carbocycles. The van der Waals surface area contributed by atoms with Gasteiger partial charge in [-0.05, 0) is 35.5 Å². The van der Waals surface area contributed by atoms with Gasteiger partial charge in [0.15, 0.2) is 0 Å². The lowest BCUT2D eigenvalue weighted by Gasteiger charge is -2.06. The van der Waals surface area contributed by atoms with Crippen LogP contribution in [0.3, 0.4) is 0 Å². The number of pyridine rings is 1. The molecule has 132 valence electrons. The van der Waals surface area contributed by atoms with E-state index in [1.54, 1.807) is 30.6 Å². The van der Waals surface area contributed by atoms with Crippen LogP contribution >= 0.6 is 11.8 Å². The molecule has 0 atom stereocenters. The second-order valence-corrected chi connectivity index (χ2v) is 6.65. The number of rotatable bonds is 3. The minimum atomic E-state index is -0.447. The Balaban J connectivity index is 1.81. The Morgan fingerprint density at radius 1 is 1.30 bits per heavy atom. The molecule has 1 fully saturated rings. The van der Waals surface area contributed by atoms with Crippen LogP contribution in [-0.4, -0.2) is 23.2 Å². The van der Waals surface area contributed by atoms with Gasteiger partial charge in [0.2, 0.25) is 0 Å². The van der Waals surface area contributed by atoms with Crippen molar-refractivity contribution in [1.82, 2.24) is 10.3 Å². The molecule has 3 aromatic rings. The van der Waals surface area contributed by atoms with E-state index in [-0.39, 0.29) is 4.91 Å². The Morgan fingerprint density at radius 3 is 2.85 bits per heavy atom. The number of methoxy groups -OCH3 is 1. The van der Waals surface area contributed by atoms with Crippen LogP contribution in [0.2, 0.25) is 0 Å². The van der Waals surface area contributed by atoms with E-state index < -0.39 is 11.1 Å². The average molecular weight is 377 g/mol. The summed E-state index contributed by atoms with van der Waals surface area (Å²) in [6.07, 6.45) is 4.81. The summed E-state index contributed by atoms with van der Waals surface area (Å²) in [6.45, 7) is 0. The van der Waals surface area contributed by atoms with Gasteiger partial charge in [-0.2, -0.15) is 5.26 Å². The molecule has 3 heterocycles. The highest BCUT2D eigenvalue weighted by Crippen LogP contribution is 2.34. The first-order chi connectivity index (χ1) is 13.1. The molecule has 4 rings (SSSR count). The number of nitriles is 1. The average Bonchev–Trinajstić information content (AvgIpc) is 3.22. The summed E-state index contributed by atoms with van der Waals surface area (Å²) in [4.78, 5) is 27.5. The van der Waals surface area contributed by atoms with E-state index in [0.29, 0.717) is 28.2 Å². The van der Waals surface area contributed by atoms with Gasteiger partial charge in [0.05, 0.1) is 17.6 Å². The third kappa shape index (κ3) is 3.05. The first-order valence-corrected chi connectivity index (χ1v) is 8.61. The van der Waals surface area contributed by atoms with Crippen molar-refractivity contribution < 1.29 is 18.7 Å². The third-order valence-electron chi connectivity index (χ3n) is 3.99. The Kier molecular flexibility index (Phi) is 4.14. The van der Waals surface area contributed by atoms with Crippen LogP contribution < -0.4 is 10.1 Å². The van der Waals surface area contributed by atoms with E-state index in [1.165, 1.54) is 13.2 Å². The van der Waals surface area contributed by atoms with Gasteiger partial charge in [-0.25, -0.2) is 0 Å². The van der Waals surface area contributed by atoms with Crippen molar-refractivity contribution in [2.45, 2.75) is 0 Å². The summed E-state index contributed by atoms with van der Waals surface area (Å²) in [5, 5.41) is 11.8. The topological polar surface area (TPSA) is 105 Å². The molecule has 2 amide bonds. The van der Waals surface area contributed by atoms with Crippen LogP contribution in [0.25, 0.3) is 28.2 Å². The number of benzene rings is 1. The number of hydrogen-bond donors (Lipinski definition) is 1. The smallest absolute Gasteiger partial charge is 0.290 e. The number of imide groups is 1. The number of amides is 2. The summed E-state index contributed by atoms with van der Waals surface area (Å²) in [6, 6.07) is 9.07. The molecule has 7 nitrogen and oxygen atoms in total. The Hall–Kier alpha value is -3.57. The quantitative estimate of drug-likeness (QED) is 0.694. The second kappa shape index (κ2) is 6.63. The Labute approximate surface area is 157 Å². The number of nitrogens with zero attached hydrogens (tertiary/aromatic N) is 2. The van der Waals surface area contributed by atoms with Crippen molar-refractivity contribution in [3.63, 3.8) is 0 Å². The molecule has 0 spiro atoms. The molecule has 0 bridgehead atoms. The molecule has 1 saturated heterocycles. The van der Waals surface area contributed by atoms with Gasteiger partial charge in [0.25, 0.3) is 11.1 Å². The van der Waals surface area contributed by atoms with Crippen LogP contribution in [0.5, 0.6) is 5.75 Å². The van der Waals surface area contributed by atoms with Crippen molar-refractivity contribution in [2.75, 3.05) is 7.11 Å². The first-order valence-electron chi connectivity index (χ1n) is 7.80. The molecular formula is C19H11N3O4S. The highest BCUT2D eigenvalue weighted by molar-refractivity contribution is 8.18. The van der Waals surface area contributed by atoms with Crippen LogP contribution in [0.4, 0.5) is 4.79 Å². The van der Waals surface area contributed by atoms with Crippen molar-refractivity contribution in [3.8, 4) is 22.9 Å². The SMILES string of the molecule is COc1ccc(-c2cncc3cc(C=C4SC(=O)NC4=O)oc23)cc1C#N. The van der Waals surface area contributed by atoms with Gasteiger partial charge >= 0.3 is 0 Å². The van der Waals surface area contributed by atoms with Crippen LogP contribution in [0.15, 0.2) is 46.0 Å². The van der Waals surface area contributed by atoms with Gasteiger partial charge in [-0.1, -0.05) is 6.07 Å². The predicted octanol–water partition coefficient (Wildman–Crippen LogP) is 3.70. The van der Waals surface area contributed by atoms with Crippen molar-refractivity contribution in [3.05, 3.63) is 52.9 Å². The van der Waals surface area contributed by atoms with E-state index in [1.807, 2.05) is 6.07 Å². The lowest BCUT2D eigenvalue weighted by molar-refractivity contribution is -0.115. The molecule has 2 aromatic heterocycles. The summed E-state index contributed by atoms with van der Waals surface area (Å²) >= 11 is 0.824. The fourth-order valence-corrected chi connectivity index (χ4v) is 3.43. The predicted molar refractivity (Wildman–Crippen MR) is 99.8 cm³/mol. The van der Waals surface area contributed by atoms with Crippen LogP contribution in [0.1, 0.15) is 11.3 Å². The van der Waals surface area contributed by atoms with Crippen molar-refractivity contribution in [1.29, 1.82) is 5.26 Å². The largest absolute Gasteiger partial charge is 0.495 e. The van der Waals surface area contributed by atoms with Gasteiger partial charge in [0.1, 0.15) is 23.2 Å². The molecular weight excluding hydrogens is 366 g/mol. The fourth-order valence-electron chi connectivity index (χ4n) is 2.77. The number of hydrogen-bond acceptors (Lipinski definition) is 7. The number of nitrogens with one attached hydrogen (secondary N) is 1. The maximum atomic E-state index is 11.7. The molecule has 1 aliphatic rings. The Bertz CT molecular complexity index is 1170. The fraction of sp³-hybridized carbons (Fsp3) is 0.0526. The first kappa shape index (κ1) is 16.9. The zero-order chi connectivity index (χ0) is 19.0. The third-order valence-corrected chi connectivity index (χ3v) is 4.80. The van der Waals surface area contributed by atoms with E-state index >= 15 is 0 Å². The molecule has 0 aliphatic carbocycles. The Morgan fingerprint density at radius 2 is 2.15 bits per heavy atom. The summed E-state index contributed by atoms with van der Waals surface area (Å²) < 4.78 is 11.1. The van der Waals surface area contributed by atoms with E-state index in [9.17, 15) is 14.9 Å². The zero-order valence-corrected chi connectivity index (χ0v) is 14.8. The molecule has 1 N–H and O–H groups in total. The molecule has 27 heavy (non-hydrogen) atoms. The van der Waals surface area contributed by atoms with Crippen molar-refractivity contribution >= 4 is 40.0 Å². The van der Waals surface area contributed by atoms with E-state index in [2.05, 4.69) is 16.4 Å². The highest BCUT2D eigenvalue weighted by Gasteiger charge is 2.25. The number of aromatic nitrogens is 1. The highest BCUT2D eigenvalue weighted by atomic mass is 32.2. The summed E-state index contributed by atoms with van der Waals surface area (Å²) in [5.41, 5.74) is 2.43. The lowest BCUT2D eigenvalue weighted by atomic mass is 10.0. The summed E-state index contributed by atoms with van der Waals surface area (Å²) in [7, 11) is 1.51. The molecule has 1 aromatic carbocycles. The number of fused-ring (bicyclic) bond motifs is 1. The van der Waals surface area contributed by atoms with Gasteiger partial charge in [-0.3, -0.25) is 19.9 Å². The van der Waals surface area contributed by atoms with Gasteiger partial charge < -0.3 is 9.15 Å². The molecule has 0 radical (unpaired) electrons.